The van der Waals surface area contributed by atoms with Crippen molar-refractivity contribution in [3.8, 4) is 0 Å². The van der Waals surface area contributed by atoms with Crippen molar-refractivity contribution in [2.45, 2.75) is 65.2 Å². The molecule has 0 aromatic carbocycles. The molecule has 5 nitrogen and oxygen atoms in total. The molecule has 0 saturated carbocycles. The highest BCUT2D eigenvalue weighted by molar-refractivity contribution is 5.97. The normalized spacial score (nSPS) is 10.7. The van der Waals surface area contributed by atoms with E-state index in [0.29, 0.717) is 17.9 Å². The van der Waals surface area contributed by atoms with Crippen LogP contribution in [0.15, 0.2) is 0 Å². The van der Waals surface area contributed by atoms with Gasteiger partial charge in [-0.15, -0.1) is 0 Å². The maximum atomic E-state index is 11.8. The molecule has 20 heavy (non-hydrogen) atoms. The minimum atomic E-state index is -0.185. The molecule has 0 unspecified atom stereocenters. The van der Waals surface area contributed by atoms with Gasteiger partial charge in [-0.1, -0.05) is 51.9 Å². The summed E-state index contributed by atoms with van der Waals surface area (Å²) in [6.45, 7) is 4.73. The number of nitrogen functional groups attached to an aromatic ring is 1. The van der Waals surface area contributed by atoms with Gasteiger partial charge in [0, 0.05) is 6.54 Å². The van der Waals surface area contributed by atoms with Crippen LogP contribution >= 0.6 is 0 Å². The lowest BCUT2D eigenvalue weighted by Crippen LogP contribution is -2.25. The fourth-order valence-electron chi connectivity index (χ4n) is 2.16. The number of nitrogens with zero attached hydrogens (tertiary/aromatic N) is 1. The standard InChI is InChI=1S/C15H28N4O/c1-3-4-5-6-7-8-9-10-11-17-15(20)14-13(16)12(2)18-19-14/h3-11,16H2,1-2H3,(H,17,20)(H,18,19). The summed E-state index contributed by atoms with van der Waals surface area (Å²) in [4.78, 5) is 11.8. The van der Waals surface area contributed by atoms with Crippen LogP contribution in [0.2, 0.25) is 0 Å². The Bertz CT molecular complexity index is 401. The Morgan fingerprint density at radius 2 is 1.75 bits per heavy atom. The van der Waals surface area contributed by atoms with Gasteiger partial charge in [0.25, 0.3) is 5.91 Å². The summed E-state index contributed by atoms with van der Waals surface area (Å²) in [5.74, 6) is -0.185. The van der Waals surface area contributed by atoms with E-state index in [2.05, 4.69) is 22.4 Å². The predicted molar refractivity (Wildman–Crippen MR) is 82.7 cm³/mol. The largest absolute Gasteiger partial charge is 0.395 e. The van der Waals surface area contributed by atoms with Crippen LogP contribution < -0.4 is 11.1 Å². The first-order valence-electron chi connectivity index (χ1n) is 7.75. The number of rotatable bonds is 10. The SMILES string of the molecule is CCCCCCCCCCNC(=O)c1n[nH]c(C)c1N. The molecule has 4 N–H and O–H groups in total. The van der Waals surface area contributed by atoms with Crippen LogP contribution in [0.25, 0.3) is 0 Å². The third-order valence-corrected chi connectivity index (χ3v) is 3.53. The molecule has 0 aliphatic carbocycles. The quantitative estimate of drug-likeness (QED) is 0.575. The van der Waals surface area contributed by atoms with Crippen molar-refractivity contribution >= 4 is 11.6 Å². The Morgan fingerprint density at radius 3 is 2.30 bits per heavy atom. The van der Waals surface area contributed by atoms with Gasteiger partial charge >= 0.3 is 0 Å². The number of carbonyl (C=O) groups excluding carboxylic acids is 1. The van der Waals surface area contributed by atoms with E-state index in [-0.39, 0.29) is 5.91 Å². The fourth-order valence-corrected chi connectivity index (χ4v) is 2.16. The topological polar surface area (TPSA) is 83.8 Å². The monoisotopic (exact) mass is 280 g/mol. The molecule has 1 heterocycles. The Labute approximate surface area is 121 Å². The molecule has 1 aromatic heterocycles. The molecule has 0 aliphatic rings. The molecule has 0 fully saturated rings. The summed E-state index contributed by atoms with van der Waals surface area (Å²) in [6, 6.07) is 0. The minimum absolute atomic E-state index is 0.185. The number of aromatic nitrogens is 2. The zero-order valence-corrected chi connectivity index (χ0v) is 12.8. The van der Waals surface area contributed by atoms with Crippen molar-refractivity contribution in [1.82, 2.24) is 15.5 Å². The lowest BCUT2D eigenvalue weighted by molar-refractivity contribution is 0.0949. The zero-order valence-electron chi connectivity index (χ0n) is 12.8. The molecule has 0 aliphatic heterocycles. The van der Waals surface area contributed by atoms with Crippen molar-refractivity contribution in [3.05, 3.63) is 11.4 Å². The van der Waals surface area contributed by atoms with E-state index in [0.717, 1.165) is 12.1 Å². The highest BCUT2D eigenvalue weighted by Crippen LogP contribution is 2.12. The average Bonchev–Trinajstić information content (AvgIpc) is 2.77. The first-order valence-corrected chi connectivity index (χ1v) is 7.75. The number of unbranched alkanes of at least 4 members (excludes halogenated alkanes) is 7. The van der Waals surface area contributed by atoms with Gasteiger partial charge in [-0.25, -0.2) is 0 Å². The lowest BCUT2D eigenvalue weighted by atomic mass is 10.1. The number of H-pyrrole nitrogens is 1. The molecule has 0 radical (unpaired) electrons. The Balaban J connectivity index is 2.04. The molecule has 0 spiro atoms. The fraction of sp³-hybridized carbons (Fsp3) is 0.733. The van der Waals surface area contributed by atoms with E-state index in [9.17, 15) is 4.79 Å². The van der Waals surface area contributed by atoms with E-state index in [1.165, 1.54) is 44.9 Å². The van der Waals surface area contributed by atoms with Gasteiger partial charge in [-0.3, -0.25) is 9.89 Å². The number of hydrogen-bond acceptors (Lipinski definition) is 3. The van der Waals surface area contributed by atoms with Gasteiger partial charge in [-0.05, 0) is 13.3 Å². The predicted octanol–water partition coefficient (Wildman–Crippen LogP) is 3.17. The molecule has 1 aromatic rings. The summed E-state index contributed by atoms with van der Waals surface area (Å²) < 4.78 is 0. The second-order valence-corrected chi connectivity index (χ2v) is 5.34. The molecule has 0 saturated heterocycles. The van der Waals surface area contributed by atoms with Crippen molar-refractivity contribution in [2.24, 2.45) is 0 Å². The number of aryl methyl sites for hydroxylation is 1. The number of carbonyl (C=O) groups is 1. The highest BCUT2D eigenvalue weighted by atomic mass is 16.1. The van der Waals surface area contributed by atoms with Gasteiger partial charge in [0.15, 0.2) is 5.69 Å². The minimum Gasteiger partial charge on any atom is -0.395 e. The van der Waals surface area contributed by atoms with Crippen LogP contribution in [0, 0.1) is 6.92 Å². The van der Waals surface area contributed by atoms with E-state index in [1.54, 1.807) is 6.92 Å². The summed E-state index contributed by atoms with van der Waals surface area (Å²) in [7, 11) is 0. The number of amides is 1. The second-order valence-electron chi connectivity index (χ2n) is 5.34. The molecule has 5 heteroatoms. The molecular formula is C15H28N4O. The first-order chi connectivity index (χ1) is 9.66. The van der Waals surface area contributed by atoms with E-state index in [4.69, 9.17) is 5.73 Å². The van der Waals surface area contributed by atoms with Gasteiger partial charge < -0.3 is 11.1 Å². The molecule has 1 amide bonds. The Kier molecular flexibility index (Phi) is 7.77. The van der Waals surface area contributed by atoms with Crippen molar-refractivity contribution < 1.29 is 4.79 Å². The van der Waals surface area contributed by atoms with Crippen LogP contribution in [0.1, 0.15) is 74.5 Å². The summed E-state index contributed by atoms with van der Waals surface area (Å²) in [5, 5.41) is 9.49. The van der Waals surface area contributed by atoms with Gasteiger partial charge in [0.1, 0.15) is 0 Å². The van der Waals surface area contributed by atoms with Crippen LogP contribution in [0.4, 0.5) is 5.69 Å². The average molecular weight is 280 g/mol. The van der Waals surface area contributed by atoms with Gasteiger partial charge in [-0.2, -0.15) is 5.10 Å². The first kappa shape index (κ1) is 16.5. The molecule has 114 valence electrons. The molecule has 0 bridgehead atoms. The van der Waals surface area contributed by atoms with Crippen molar-refractivity contribution in [2.75, 3.05) is 12.3 Å². The van der Waals surface area contributed by atoms with Crippen LogP contribution in [-0.4, -0.2) is 22.6 Å². The van der Waals surface area contributed by atoms with E-state index < -0.39 is 0 Å². The van der Waals surface area contributed by atoms with Gasteiger partial charge in [0.2, 0.25) is 0 Å². The highest BCUT2D eigenvalue weighted by Gasteiger charge is 2.14. The Morgan fingerprint density at radius 1 is 1.15 bits per heavy atom. The lowest BCUT2D eigenvalue weighted by Gasteiger charge is -2.04. The van der Waals surface area contributed by atoms with Gasteiger partial charge in [0.05, 0.1) is 11.4 Å². The summed E-state index contributed by atoms with van der Waals surface area (Å²) in [6.07, 6.45) is 10.1. The maximum Gasteiger partial charge on any atom is 0.273 e. The molecule has 1 rings (SSSR count). The number of nitrogens with one attached hydrogen (secondary N) is 2. The van der Waals surface area contributed by atoms with E-state index >= 15 is 0 Å². The Hall–Kier alpha value is -1.52. The van der Waals surface area contributed by atoms with Crippen LogP contribution in [0.5, 0.6) is 0 Å². The smallest absolute Gasteiger partial charge is 0.273 e. The molecular weight excluding hydrogens is 252 g/mol. The van der Waals surface area contributed by atoms with Crippen molar-refractivity contribution in [1.29, 1.82) is 0 Å². The third-order valence-electron chi connectivity index (χ3n) is 3.53. The number of aromatic amines is 1. The second kappa shape index (κ2) is 9.39. The molecule has 0 atom stereocenters. The number of anilines is 1. The van der Waals surface area contributed by atoms with Crippen molar-refractivity contribution in [3.63, 3.8) is 0 Å². The number of nitrogens with two attached hydrogens (primary N) is 1. The number of hydrogen-bond donors (Lipinski definition) is 3. The van der Waals surface area contributed by atoms with Crippen LogP contribution in [0.3, 0.4) is 0 Å². The third kappa shape index (κ3) is 5.63. The summed E-state index contributed by atoms with van der Waals surface area (Å²) >= 11 is 0. The summed E-state index contributed by atoms with van der Waals surface area (Å²) in [5.41, 5.74) is 7.25. The maximum absolute atomic E-state index is 11.8. The van der Waals surface area contributed by atoms with E-state index in [1.807, 2.05) is 0 Å². The van der Waals surface area contributed by atoms with Crippen LogP contribution in [-0.2, 0) is 0 Å². The zero-order chi connectivity index (χ0) is 14.8.